The summed E-state index contributed by atoms with van der Waals surface area (Å²) in [7, 11) is 0. The summed E-state index contributed by atoms with van der Waals surface area (Å²) in [6.07, 6.45) is -0.669. The van der Waals surface area contributed by atoms with Gasteiger partial charge in [0.25, 0.3) is 5.91 Å². The first-order valence-corrected chi connectivity index (χ1v) is 11.1. The fraction of sp³-hybridized carbons (Fsp3) is 0.231. The Hall–Kier alpha value is -4.40. The van der Waals surface area contributed by atoms with Crippen molar-refractivity contribution in [3.8, 4) is 0 Å². The van der Waals surface area contributed by atoms with Crippen molar-refractivity contribution in [1.82, 2.24) is 10.2 Å². The molecule has 0 aromatic heterocycles. The zero-order valence-electron chi connectivity index (χ0n) is 19.7. The van der Waals surface area contributed by atoms with Gasteiger partial charge in [-0.2, -0.15) is 0 Å². The number of carbonyl (C=O) groups excluding carboxylic acids is 4. The Labute approximate surface area is 202 Å². The van der Waals surface area contributed by atoms with Crippen LogP contribution in [0.15, 0.2) is 60.7 Å². The molecule has 0 aliphatic carbocycles. The highest BCUT2D eigenvalue weighted by molar-refractivity contribution is 6.12. The van der Waals surface area contributed by atoms with E-state index in [9.17, 15) is 19.2 Å². The topological polar surface area (TPSA) is 117 Å². The van der Waals surface area contributed by atoms with Crippen molar-refractivity contribution in [2.75, 3.05) is 17.2 Å². The number of imide groups is 1. The molecule has 3 aromatic carbocycles. The number of anilines is 2. The van der Waals surface area contributed by atoms with Gasteiger partial charge in [-0.1, -0.05) is 36.4 Å². The lowest BCUT2D eigenvalue weighted by Gasteiger charge is -2.20. The molecule has 0 spiro atoms. The van der Waals surface area contributed by atoms with E-state index in [1.807, 2.05) is 24.3 Å². The summed E-state index contributed by atoms with van der Waals surface area (Å²) in [5, 5.41) is 9.69. The minimum atomic E-state index is -0.697. The minimum absolute atomic E-state index is 0.0232. The molecule has 0 radical (unpaired) electrons. The Bertz CT molecular complexity index is 1310. The van der Waals surface area contributed by atoms with Gasteiger partial charge in [0.15, 0.2) is 0 Å². The highest BCUT2D eigenvalue weighted by atomic mass is 16.6. The third-order valence-electron chi connectivity index (χ3n) is 5.23. The monoisotopic (exact) mass is 474 g/mol. The summed E-state index contributed by atoms with van der Waals surface area (Å²) in [6.45, 7) is 5.34. The summed E-state index contributed by atoms with van der Waals surface area (Å²) >= 11 is 0. The predicted molar refractivity (Wildman–Crippen MR) is 132 cm³/mol. The van der Waals surface area contributed by atoms with Gasteiger partial charge in [-0.3, -0.25) is 19.8 Å². The lowest BCUT2D eigenvalue weighted by molar-refractivity contribution is -0.125. The Balaban J connectivity index is 1.59. The summed E-state index contributed by atoms with van der Waals surface area (Å²) in [5.41, 5.74) is 1.03. The van der Waals surface area contributed by atoms with Gasteiger partial charge >= 0.3 is 12.1 Å². The van der Waals surface area contributed by atoms with E-state index in [-0.39, 0.29) is 24.6 Å². The largest absolute Gasteiger partial charge is 0.444 e. The number of carbonyl (C=O) groups is 4. The van der Waals surface area contributed by atoms with Gasteiger partial charge in [0.05, 0.1) is 24.3 Å². The highest BCUT2D eigenvalue weighted by Crippen LogP contribution is 2.26. The average Bonchev–Trinajstić information content (AvgIpc) is 3.09. The quantitative estimate of drug-likeness (QED) is 0.471. The van der Waals surface area contributed by atoms with Crippen LogP contribution < -0.4 is 16.0 Å². The zero-order chi connectivity index (χ0) is 25.2. The molecule has 3 N–H and O–H groups in total. The smallest absolute Gasteiger partial charge is 0.412 e. The number of amides is 5. The molecule has 3 aromatic rings. The van der Waals surface area contributed by atoms with Crippen molar-refractivity contribution in [2.45, 2.75) is 32.9 Å². The van der Waals surface area contributed by atoms with Crippen LogP contribution in [-0.2, 0) is 16.1 Å². The second-order valence-corrected chi connectivity index (χ2v) is 9.16. The average molecular weight is 475 g/mol. The van der Waals surface area contributed by atoms with Crippen LogP contribution in [0.2, 0.25) is 0 Å². The van der Waals surface area contributed by atoms with Gasteiger partial charge in [0.1, 0.15) is 5.60 Å². The van der Waals surface area contributed by atoms with Crippen LogP contribution in [-0.4, -0.2) is 41.0 Å². The standard InChI is InChI=1S/C26H26N4O5/c1-26(2,3)35-25(34)29-21-13-18-9-5-4-8-17(18)12-20(21)23(32)28-19-10-6-7-16(11-19)15-30-22(31)14-27-24(30)33/h4-13H,14-15H2,1-3H3,(H,27,33)(H,28,32)(H,29,34). The molecule has 9 nitrogen and oxygen atoms in total. The third kappa shape index (κ3) is 5.75. The summed E-state index contributed by atoms with van der Waals surface area (Å²) in [4.78, 5) is 50.5. The van der Waals surface area contributed by atoms with Crippen molar-refractivity contribution in [3.63, 3.8) is 0 Å². The summed E-state index contributed by atoms with van der Waals surface area (Å²) < 4.78 is 5.36. The lowest BCUT2D eigenvalue weighted by Crippen LogP contribution is -2.30. The Morgan fingerprint density at radius 1 is 0.971 bits per heavy atom. The molecule has 1 fully saturated rings. The first kappa shape index (κ1) is 23.7. The molecule has 5 amide bonds. The van der Waals surface area contributed by atoms with Gasteiger partial charge in [-0.05, 0) is 61.4 Å². The van der Waals surface area contributed by atoms with Crippen LogP contribution in [0.1, 0.15) is 36.7 Å². The maximum atomic E-state index is 13.3. The van der Waals surface area contributed by atoms with Gasteiger partial charge < -0.3 is 15.4 Å². The van der Waals surface area contributed by atoms with Crippen LogP contribution in [0.25, 0.3) is 10.8 Å². The fourth-order valence-electron chi connectivity index (χ4n) is 3.69. The number of hydrogen-bond donors (Lipinski definition) is 3. The third-order valence-corrected chi connectivity index (χ3v) is 5.23. The van der Waals surface area contributed by atoms with E-state index in [1.165, 1.54) is 0 Å². The van der Waals surface area contributed by atoms with E-state index < -0.39 is 23.6 Å². The van der Waals surface area contributed by atoms with Crippen molar-refractivity contribution in [1.29, 1.82) is 0 Å². The number of nitrogens with zero attached hydrogens (tertiary/aromatic N) is 1. The van der Waals surface area contributed by atoms with Crippen LogP contribution in [0, 0.1) is 0 Å². The van der Waals surface area contributed by atoms with Gasteiger partial charge in [0.2, 0.25) is 5.91 Å². The molecule has 9 heteroatoms. The van der Waals surface area contributed by atoms with Crippen LogP contribution in [0.5, 0.6) is 0 Å². The van der Waals surface area contributed by atoms with Gasteiger partial charge in [0, 0.05) is 5.69 Å². The first-order valence-electron chi connectivity index (χ1n) is 11.1. The zero-order valence-corrected chi connectivity index (χ0v) is 19.7. The van der Waals surface area contributed by atoms with Crippen molar-refractivity contribution in [2.24, 2.45) is 0 Å². The van der Waals surface area contributed by atoms with E-state index >= 15 is 0 Å². The Kier molecular flexibility index (Phi) is 6.42. The molecule has 1 saturated heterocycles. The molecule has 1 heterocycles. The second kappa shape index (κ2) is 9.46. The summed E-state index contributed by atoms with van der Waals surface area (Å²) in [6, 6.07) is 17.4. The molecule has 4 rings (SSSR count). The SMILES string of the molecule is CC(C)(C)OC(=O)Nc1cc2ccccc2cc1C(=O)Nc1cccc(CN2C(=O)CNC2=O)c1. The van der Waals surface area contributed by atoms with Crippen molar-refractivity contribution in [3.05, 3.63) is 71.8 Å². The Morgan fingerprint density at radius 2 is 1.69 bits per heavy atom. The first-order chi connectivity index (χ1) is 16.6. The fourth-order valence-corrected chi connectivity index (χ4v) is 3.69. The van der Waals surface area contributed by atoms with E-state index in [0.717, 1.165) is 15.7 Å². The van der Waals surface area contributed by atoms with Gasteiger partial charge in [-0.25, -0.2) is 9.59 Å². The number of nitrogens with one attached hydrogen (secondary N) is 3. The molecule has 1 aliphatic heterocycles. The van der Waals surface area contributed by atoms with Crippen LogP contribution >= 0.6 is 0 Å². The van der Waals surface area contributed by atoms with E-state index in [0.29, 0.717) is 16.9 Å². The maximum absolute atomic E-state index is 13.3. The number of rotatable bonds is 5. The number of ether oxygens (including phenoxy) is 1. The minimum Gasteiger partial charge on any atom is -0.444 e. The second-order valence-electron chi connectivity index (χ2n) is 9.16. The molecule has 0 bridgehead atoms. The molecule has 35 heavy (non-hydrogen) atoms. The Morgan fingerprint density at radius 3 is 2.34 bits per heavy atom. The molecule has 0 saturated carbocycles. The number of benzene rings is 3. The van der Waals surface area contributed by atoms with Crippen LogP contribution in [0.4, 0.5) is 21.0 Å². The molecule has 0 unspecified atom stereocenters. The lowest BCUT2D eigenvalue weighted by atomic mass is 10.0. The molecule has 180 valence electrons. The molecular formula is C26H26N4O5. The van der Waals surface area contributed by atoms with Crippen molar-refractivity contribution >= 4 is 46.1 Å². The normalized spacial score (nSPS) is 13.5. The van der Waals surface area contributed by atoms with E-state index in [1.54, 1.807) is 57.2 Å². The van der Waals surface area contributed by atoms with Gasteiger partial charge in [-0.15, -0.1) is 0 Å². The number of fused-ring (bicyclic) bond motifs is 1. The molecule has 0 atom stereocenters. The van der Waals surface area contributed by atoms with Crippen molar-refractivity contribution < 1.29 is 23.9 Å². The summed E-state index contributed by atoms with van der Waals surface area (Å²) in [5.74, 6) is -0.743. The van der Waals surface area contributed by atoms with Crippen LogP contribution in [0.3, 0.4) is 0 Å². The highest BCUT2D eigenvalue weighted by Gasteiger charge is 2.28. The number of hydrogen-bond acceptors (Lipinski definition) is 5. The molecule has 1 aliphatic rings. The number of urea groups is 1. The molecular weight excluding hydrogens is 448 g/mol. The maximum Gasteiger partial charge on any atom is 0.412 e. The van der Waals surface area contributed by atoms with E-state index in [4.69, 9.17) is 4.74 Å². The predicted octanol–water partition coefficient (Wildman–Crippen LogP) is 4.49. The van der Waals surface area contributed by atoms with E-state index in [2.05, 4.69) is 16.0 Å².